The summed E-state index contributed by atoms with van der Waals surface area (Å²) in [5.41, 5.74) is 2.68. The second-order valence-electron chi connectivity index (χ2n) is 6.77. The highest BCUT2D eigenvalue weighted by Gasteiger charge is 2.18. The number of aromatic nitrogens is 1. The SMILES string of the molecule is COc1ccc2nc(-c3ccc4c(c3)OCO4)cc(C(=O)NCc3ccco3)c2c1. The first-order valence-corrected chi connectivity index (χ1v) is 9.41. The number of furan rings is 1. The van der Waals surface area contributed by atoms with Crippen molar-refractivity contribution in [2.75, 3.05) is 13.9 Å². The monoisotopic (exact) mass is 402 g/mol. The van der Waals surface area contributed by atoms with Gasteiger partial charge in [0.15, 0.2) is 11.5 Å². The lowest BCUT2D eigenvalue weighted by Crippen LogP contribution is -2.23. The Morgan fingerprint density at radius 3 is 2.83 bits per heavy atom. The van der Waals surface area contributed by atoms with Gasteiger partial charge in [0.1, 0.15) is 11.5 Å². The van der Waals surface area contributed by atoms with E-state index in [1.165, 1.54) is 0 Å². The van der Waals surface area contributed by atoms with Crippen molar-refractivity contribution in [3.8, 4) is 28.5 Å². The van der Waals surface area contributed by atoms with Gasteiger partial charge in [0.25, 0.3) is 5.91 Å². The summed E-state index contributed by atoms with van der Waals surface area (Å²) in [5, 5.41) is 3.61. The normalized spacial score (nSPS) is 12.2. The molecule has 1 aliphatic rings. The molecule has 150 valence electrons. The van der Waals surface area contributed by atoms with Crippen LogP contribution in [-0.4, -0.2) is 24.8 Å². The number of hydrogen-bond donors (Lipinski definition) is 1. The summed E-state index contributed by atoms with van der Waals surface area (Å²) in [6.45, 7) is 0.489. The molecule has 5 rings (SSSR count). The van der Waals surface area contributed by atoms with Gasteiger partial charge in [0.05, 0.1) is 36.7 Å². The number of benzene rings is 2. The highest BCUT2D eigenvalue weighted by molar-refractivity contribution is 6.07. The number of nitrogens with zero attached hydrogens (tertiary/aromatic N) is 1. The average Bonchev–Trinajstić information content (AvgIpc) is 3.47. The quantitative estimate of drug-likeness (QED) is 0.540. The molecule has 0 saturated heterocycles. The van der Waals surface area contributed by atoms with Gasteiger partial charge in [-0.3, -0.25) is 4.79 Å². The van der Waals surface area contributed by atoms with E-state index in [0.717, 1.165) is 5.56 Å². The van der Waals surface area contributed by atoms with E-state index in [-0.39, 0.29) is 12.7 Å². The van der Waals surface area contributed by atoms with Crippen LogP contribution in [0.15, 0.2) is 65.3 Å². The maximum absolute atomic E-state index is 13.1. The van der Waals surface area contributed by atoms with Crippen molar-refractivity contribution in [1.82, 2.24) is 10.3 Å². The van der Waals surface area contributed by atoms with Crippen molar-refractivity contribution in [1.29, 1.82) is 0 Å². The van der Waals surface area contributed by atoms with Crippen molar-refractivity contribution in [3.05, 3.63) is 72.2 Å². The van der Waals surface area contributed by atoms with Gasteiger partial charge in [0.2, 0.25) is 6.79 Å². The van der Waals surface area contributed by atoms with Crippen molar-refractivity contribution in [3.63, 3.8) is 0 Å². The number of nitrogens with one attached hydrogen (secondary N) is 1. The second kappa shape index (κ2) is 7.44. The third-order valence-corrected chi connectivity index (χ3v) is 4.93. The Balaban J connectivity index is 1.58. The van der Waals surface area contributed by atoms with Gasteiger partial charge in [0, 0.05) is 10.9 Å². The minimum absolute atomic E-state index is 0.199. The molecule has 4 aromatic rings. The number of amides is 1. The summed E-state index contributed by atoms with van der Waals surface area (Å²) in [5.74, 6) is 2.46. The van der Waals surface area contributed by atoms with E-state index < -0.39 is 0 Å². The lowest BCUT2D eigenvalue weighted by atomic mass is 10.0. The first-order chi connectivity index (χ1) is 14.7. The summed E-state index contributed by atoms with van der Waals surface area (Å²) in [6.07, 6.45) is 1.58. The third kappa shape index (κ3) is 3.30. The highest BCUT2D eigenvalue weighted by atomic mass is 16.7. The Hall–Kier alpha value is -4.00. The summed E-state index contributed by atoms with van der Waals surface area (Å²) in [6, 6.07) is 16.5. The van der Waals surface area contributed by atoms with Crippen LogP contribution >= 0.6 is 0 Å². The molecule has 1 amide bonds. The Kier molecular flexibility index (Phi) is 4.48. The molecule has 2 aromatic carbocycles. The standard InChI is InChI=1S/C23H18N2O5/c1-27-15-5-6-19-17(10-15)18(23(26)24-12-16-3-2-8-28-16)11-20(25-19)14-4-7-21-22(9-14)30-13-29-21/h2-11H,12-13H2,1H3,(H,24,26). The third-order valence-electron chi connectivity index (χ3n) is 4.93. The lowest BCUT2D eigenvalue weighted by molar-refractivity contribution is 0.0949. The van der Waals surface area contributed by atoms with E-state index in [0.29, 0.717) is 51.7 Å². The van der Waals surface area contributed by atoms with Crippen LogP contribution in [0.4, 0.5) is 0 Å². The fourth-order valence-corrected chi connectivity index (χ4v) is 3.40. The van der Waals surface area contributed by atoms with E-state index in [9.17, 15) is 4.79 Å². The first kappa shape index (κ1) is 18.1. The molecule has 1 aliphatic heterocycles. The van der Waals surface area contributed by atoms with Crippen LogP contribution in [0.1, 0.15) is 16.1 Å². The molecule has 2 aromatic heterocycles. The summed E-state index contributed by atoms with van der Waals surface area (Å²) in [4.78, 5) is 17.8. The maximum atomic E-state index is 13.1. The maximum Gasteiger partial charge on any atom is 0.252 e. The van der Waals surface area contributed by atoms with Gasteiger partial charge >= 0.3 is 0 Å². The topological polar surface area (TPSA) is 82.8 Å². The number of ether oxygens (including phenoxy) is 3. The zero-order valence-electron chi connectivity index (χ0n) is 16.2. The molecule has 0 spiro atoms. The Bertz CT molecular complexity index is 1230. The zero-order chi connectivity index (χ0) is 20.5. The highest BCUT2D eigenvalue weighted by Crippen LogP contribution is 2.36. The number of fused-ring (bicyclic) bond motifs is 2. The molecule has 1 N–H and O–H groups in total. The first-order valence-electron chi connectivity index (χ1n) is 9.41. The van der Waals surface area contributed by atoms with Crippen LogP contribution in [0, 0.1) is 0 Å². The minimum atomic E-state index is -0.228. The van der Waals surface area contributed by atoms with Crippen molar-refractivity contribution in [2.24, 2.45) is 0 Å². The van der Waals surface area contributed by atoms with Crippen LogP contribution in [0.2, 0.25) is 0 Å². The van der Waals surface area contributed by atoms with Gasteiger partial charge in [-0.2, -0.15) is 0 Å². The summed E-state index contributed by atoms with van der Waals surface area (Å²) >= 11 is 0. The molecular formula is C23H18N2O5. The Labute approximate surface area is 172 Å². The molecule has 0 unspecified atom stereocenters. The Morgan fingerprint density at radius 2 is 2.00 bits per heavy atom. The molecule has 0 saturated carbocycles. The lowest BCUT2D eigenvalue weighted by Gasteiger charge is -2.12. The fourth-order valence-electron chi connectivity index (χ4n) is 3.40. The van der Waals surface area contributed by atoms with Crippen molar-refractivity contribution < 1.29 is 23.4 Å². The number of carbonyl (C=O) groups is 1. The van der Waals surface area contributed by atoms with Crippen LogP contribution < -0.4 is 19.5 Å². The van der Waals surface area contributed by atoms with Crippen molar-refractivity contribution >= 4 is 16.8 Å². The number of rotatable bonds is 5. The molecule has 0 aliphatic carbocycles. The van der Waals surface area contributed by atoms with Crippen LogP contribution in [0.5, 0.6) is 17.2 Å². The second-order valence-corrected chi connectivity index (χ2v) is 6.77. The number of pyridine rings is 1. The van der Waals surface area contributed by atoms with Gasteiger partial charge in [-0.25, -0.2) is 4.98 Å². The zero-order valence-corrected chi connectivity index (χ0v) is 16.2. The molecule has 30 heavy (non-hydrogen) atoms. The molecule has 0 bridgehead atoms. The van der Waals surface area contributed by atoms with E-state index in [2.05, 4.69) is 5.32 Å². The number of carbonyl (C=O) groups excluding carboxylic acids is 1. The molecule has 0 atom stereocenters. The predicted molar refractivity (Wildman–Crippen MR) is 110 cm³/mol. The predicted octanol–water partition coefficient (Wildman–Crippen LogP) is 4.16. The largest absolute Gasteiger partial charge is 0.497 e. The number of methoxy groups -OCH3 is 1. The van der Waals surface area contributed by atoms with Crippen LogP contribution in [-0.2, 0) is 6.54 Å². The van der Waals surface area contributed by atoms with Crippen LogP contribution in [0.3, 0.4) is 0 Å². The van der Waals surface area contributed by atoms with Crippen molar-refractivity contribution in [2.45, 2.75) is 6.54 Å². The smallest absolute Gasteiger partial charge is 0.252 e. The average molecular weight is 402 g/mol. The molecule has 3 heterocycles. The van der Waals surface area contributed by atoms with E-state index in [1.807, 2.05) is 42.5 Å². The molecule has 7 heteroatoms. The van der Waals surface area contributed by atoms with Crippen LogP contribution in [0.25, 0.3) is 22.2 Å². The molecule has 7 nitrogen and oxygen atoms in total. The molecule has 0 fully saturated rings. The summed E-state index contributed by atoms with van der Waals surface area (Å²) < 4.78 is 21.5. The summed E-state index contributed by atoms with van der Waals surface area (Å²) in [7, 11) is 1.59. The van der Waals surface area contributed by atoms with Gasteiger partial charge in [-0.05, 0) is 54.6 Å². The van der Waals surface area contributed by atoms with Gasteiger partial charge in [-0.15, -0.1) is 0 Å². The fraction of sp³-hybridized carbons (Fsp3) is 0.130. The van der Waals surface area contributed by atoms with E-state index in [4.69, 9.17) is 23.6 Å². The van der Waals surface area contributed by atoms with Gasteiger partial charge in [-0.1, -0.05) is 0 Å². The minimum Gasteiger partial charge on any atom is -0.497 e. The molecule has 0 radical (unpaired) electrons. The van der Waals surface area contributed by atoms with E-state index in [1.54, 1.807) is 25.5 Å². The van der Waals surface area contributed by atoms with Gasteiger partial charge < -0.3 is 23.9 Å². The van der Waals surface area contributed by atoms with E-state index >= 15 is 0 Å². The number of hydrogen-bond acceptors (Lipinski definition) is 6. The Morgan fingerprint density at radius 1 is 1.10 bits per heavy atom. The molecular weight excluding hydrogens is 384 g/mol.